The van der Waals surface area contributed by atoms with E-state index in [4.69, 9.17) is 11.6 Å². The number of carbonyl (C=O) groups is 2. The van der Waals surface area contributed by atoms with Crippen molar-refractivity contribution in [2.45, 2.75) is 26.2 Å². The molecule has 2 aromatic rings. The second-order valence-corrected chi connectivity index (χ2v) is 5.86. The summed E-state index contributed by atoms with van der Waals surface area (Å²) >= 11 is 5.69. The Labute approximate surface area is 150 Å². The van der Waals surface area contributed by atoms with E-state index in [1.165, 1.54) is 18.2 Å². The number of pyridine rings is 1. The Morgan fingerprint density at radius 1 is 1.12 bits per heavy atom. The summed E-state index contributed by atoms with van der Waals surface area (Å²) in [6.45, 7) is 2.65. The summed E-state index contributed by atoms with van der Waals surface area (Å²) in [5, 5.41) is 5.25. The number of benzene rings is 1. The van der Waals surface area contributed by atoms with Gasteiger partial charge >= 0.3 is 0 Å². The highest BCUT2D eigenvalue weighted by Crippen LogP contribution is 2.19. The van der Waals surface area contributed by atoms with Crippen LogP contribution in [0.1, 0.15) is 47.2 Å². The first kappa shape index (κ1) is 18.9. The molecule has 1 aromatic heterocycles. The van der Waals surface area contributed by atoms with Crippen molar-refractivity contribution in [1.82, 2.24) is 10.3 Å². The highest BCUT2D eigenvalue weighted by atomic mass is 35.5. The summed E-state index contributed by atoms with van der Waals surface area (Å²) < 4.78 is 13.1. The van der Waals surface area contributed by atoms with Gasteiger partial charge in [-0.25, -0.2) is 9.37 Å². The quantitative estimate of drug-likeness (QED) is 0.729. The number of rotatable bonds is 7. The van der Waals surface area contributed by atoms with Gasteiger partial charge in [-0.15, -0.1) is 0 Å². The molecule has 132 valence electrons. The van der Waals surface area contributed by atoms with E-state index >= 15 is 0 Å². The van der Waals surface area contributed by atoms with Gasteiger partial charge in [0, 0.05) is 12.2 Å². The Balaban J connectivity index is 2.03. The second kappa shape index (κ2) is 9.13. The minimum atomic E-state index is -0.570. The average molecular weight is 364 g/mol. The summed E-state index contributed by atoms with van der Waals surface area (Å²) in [5.74, 6) is -1.40. The van der Waals surface area contributed by atoms with Crippen LogP contribution in [0.3, 0.4) is 0 Å². The molecule has 0 unspecified atom stereocenters. The smallest absolute Gasteiger partial charge is 0.274 e. The molecule has 2 amide bonds. The van der Waals surface area contributed by atoms with Crippen molar-refractivity contribution in [3.05, 3.63) is 58.6 Å². The van der Waals surface area contributed by atoms with Gasteiger partial charge in [0.25, 0.3) is 11.8 Å². The van der Waals surface area contributed by atoms with Crippen LogP contribution >= 0.6 is 11.6 Å². The highest BCUT2D eigenvalue weighted by Gasteiger charge is 2.13. The van der Waals surface area contributed by atoms with Crippen LogP contribution in [0.2, 0.25) is 5.02 Å². The molecule has 0 saturated carbocycles. The molecular formula is C18H19ClFN3O2. The predicted octanol–water partition coefficient (Wildman–Crippen LogP) is 4.05. The van der Waals surface area contributed by atoms with Crippen molar-refractivity contribution in [1.29, 1.82) is 0 Å². The summed E-state index contributed by atoms with van der Waals surface area (Å²) in [4.78, 5) is 28.4. The molecule has 7 heteroatoms. The number of nitrogens with one attached hydrogen (secondary N) is 2. The minimum absolute atomic E-state index is 0.0849. The van der Waals surface area contributed by atoms with Crippen molar-refractivity contribution in [2.75, 3.05) is 11.9 Å². The number of anilines is 1. The minimum Gasteiger partial charge on any atom is -0.351 e. The summed E-state index contributed by atoms with van der Waals surface area (Å²) in [5.41, 5.74) is 0.593. The van der Waals surface area contributed by atoms with Gasteiger partial charge in [-0.2, -0.15) is 0 Å². The van der Waals surface area contributed by atoms with E-state index in [1.807, 2.05) is 0 Å². The Morgan fingerprint density at radius 3 is 2.52 bits per heavy atom. The molecule has 1 heterocycles. The maximum absolute atomic E-state index is 13.1. The monoisotopic (exact) mass is 363 g/mol. The molecule has 0 saturated heterocycles. The maximum Gasteiger partial charge on any atom is 0.274 e. The molecule has 2 rings (SSSR count). The Kier molecular flexibility index (Phi) is 6.89. The van der Waals surface area contributed by atoms with Gasteiger partial charge in [-0.3, -0.25) is 9.59 Å². The van der Waals surface area contributed by atoms with Crippen LogP contribution in [0, 0.1) is 5.82 Å². The zero-order valence-electron chi connectivity index (χ0n) is 13.8. The lowest BCUT2D eigenvalue weighted by Gasteiger charge is -2.08. The van der Waals surface area contributed by atoms with Gasteiger partial charge in [-0.1, -0.05) is 37.4 Å². The van der Waals surface area contributed by atoms with E-state index in [0.29, 0.717) is 12.2 Å². The Bertz CT molecular complexity index is 768. The zero-order chi connectivity index (χ0) is 18.2. The average Bonchev–Trinajstić information content (AvgIpc) is 2.62. The van der Waals surface area contributed by atoms with E-state index in [-0.39, 0.29) is 22.3 Å². The molecule has 0 spiro atoms. The predicted molar refractivity (Wildman–Crippen MR) is 95.5 cm³/mol. The van der Waals surface area contributed by atoms with Crippen LogP contribution in [0.5, 0.6) is 0 Å². The lowest BCUT2D eigenvalue weighted by molar-refractivity contribution is 0.0947. The van der Waals surface area contributed by atoms with Crippen molar-refractivity contribution in [3.63, 3.8) is 0 Å². The number of aromatic nitrogens is 1. The third-order valence-corrected chi connectivity index (χ3v) is 3.75. The topological polar surface area (TPSA) is 71.1 Å². The molecule has 0 radical (unpaired) electrons. The van der Waals surface area contributed by atoms with Gasteiger partial charge in [0.05, 0.1) is 5.02 Å². The van der Waals surface area contributed by atoms with Crippen LogP contribution in [0.4, 0.5) is 10.1 Å². The standard InChI is InChI=1S/C18H19ClFN3O2/c1-2-3-4-10-21-17(24)15-6-5-7-16(23-15)18(25)22-12-8-9-14(20)13(19)11-12/h5-9,11H,2-4,10H2,1H3,(H,21,24)(H,22,25). The first-order chi connectivity index (χ1) is 12.0. The first-order valence-corrected chi connectivity index (χ1v) is 8.40. The van der Waals surface area contributed by atoms with E-state index in [9.17, 15) is 14.0 Å². The third-order valence-electron chi connectivity index (χ3n) is 3.46. The van der Waals surface area contributed by atoms with Crippen molar-refractivity contribution < 1.29 is 14.0 Å². The molecule has 5 nitrogen and oxygen atoms in total. The number of unbranched alkanes of at least 4 members (excludes halogenated alkanes) is 2. The maximum atomic E-state index is 13.1. The molecule has 25 heavy (non-hydrogen) atoms. The van der Waals surface area contributed by atoms with Gasteiger partial charge < -0.3 is 10.6 Å². The van der Waals surface area contributed by atoms with E-state index in [2.05, 4.69) is 22.5 Å². The number of halogens is 2. The fourth-order valence-electron chi connectivity index (χ4n) is 2.12. The summed E-state index contributed by atoms with van der Waals surface area (Å²) in [6, 6.07) is 8.48. The molecular weight excluding hydrogens is 345 g/mol. The second-order valence-electron chi connectivity index (χ2n) is 5.45. The van der Waals surface area contributed by atoms with Crippen LogP contribution in [-0.2, 0) is 0 Å². The van der Waals surface area contributed by atoms with Crippen molar-refractivity contribution in [3.8, 4) is 0 Å². The number of hydrogen-bond acceptors (Lipinski definition) is 3. The van der Waals surface area contributed by atoms with Gasteiger partial charge in [0.15, 0.2) is 0 Å². The molecule has 1 aromatic carbocycles. The van der Waals surface area contributed by atoms with Crippen LogP contribution in [-0.4, -0.2) is 23.3 Å². The SMILES string of the molecule is CCCCCNC(=O)c1cccc(C(=O)Nc2ccc(F)c(Cl)c2)n1. The molecule has 0 aliphatic heterocycles. The largest absolute Gasteiger partial charge is 0.351 e. The molecule has 2 N–H and O–H groups in total. The summed E-state index contributed by atoms with van der Waals surface area (Å²) in [7, 11) is 0. The van der Waals surface area contributed by atoms with Crippen LogP contribution < -0.4 is 10.6 Å². The van der Waals surface area contributed by atoms with Crippen molar-refractivity contribution >= 4 is 29.1 Å². The molecule has 0 aliphatic carbocycles. The Hall–Kier alpha value is -2.47. The van der Waals surface area contributed by atoms with Crippen LogP contribution in [0.25, 0.3) is 0 Å². The van der Waals surface area contributed by atoms with Crippen molar-refractivity contribution in [2.24, 2.45) is 0 Å². The van der Waals surface area contributed by atoms with Gasteiger partial charge in [-0.05, 0) is 36.8 Å². The first-order valence-electron chi connectivity index (χ1n) is 8.03. The van der Waals surface area contributed by atoms with Crippen LogP contribution in [0.15, 0.2) is 36.4 Å². The fraction of sp³-hybridized carbons (Fsp3) is 0.278. The highest BCUT2D eigenvalue weighted by molar-refractivity contribution is 6.31. The Morgan fingerprint density at radius 2 is 1.84 bits per heavy atom. The fourth-order valence-corrected chi connectivity index (χ4v) is 2.30. The van der Waals surface area contributed by atoms with Gasteiger partial charge in [0.1, 0.15) is 17.2 Å². The van der Waals surface area contributed by atoms with E-state index < -0.39 is 11.7 Å². The molecule has 0 atom stereocenters. The molecule has 0 bridgehead atoms. The van der Waals surface area contributed by atoms with E-state index in [0.717, 1.165) is 25.3 Å². The number of hydrogen-bond donors (Lipinski definition) is 2. The zero-order valence-corrected chi connectivity index (χ0v) is 14.6. The van der Waals surface area contributed by atoms with E-state index in [1.54, 1.807) is 12.1 Å². The van der Waals surface area contributed by atoms with Gasteiger partial charge in [0.2, 0.25) is 0 Å². The lowest BCUT2D eigenvalue weighted by atomic mass is 10.2. The number of carbonyl (C=O) groups excluding carboxylic acids is 2. The lowest BCUT2D eigenvalue weighted by Crippen LogP contribution is -2.26. The number of amides is 2. The summed E-state index contributed by atoms with van der Waals surface area (Å²) in [6.07, 6.45) is 3.00. The third kappa shape index (κ3) is 5.53. The normalized spacial score (nSPS) is 10.4. The number of nitrogens with zero attached hydrogens (tertiary/aromatic N) is 1. The molecule has 0 aliphatic rings. The molecule has 0 fully saturated rings.